The van der Waals surface area contributed by atoms with Crippen molar-refractivity contribution in [2.75, 3.05) is 18.4 Å². The lowest BCUT2D eigenvalue weighted by molar-refractivity contribution is 0.102. The third-order valence-electron chi connectivity index (χ3n) is 4.79. The molecular formula is C20H20ClN5O3S. The molecule has 30 heavy (non-hydrogen) atoms. The highest BCUT2D eigenvalue weighted by Gasteiger charge is 2.28. The predicted molar refractivity (Wildman–Crippen MR) is 114 cm³/mol. The van der Waals surface area contributed by atoms with E-state index in [-0.39, 0.29) is 17.9 Å². The average Bonchev–Trinajstić information content (AvgIpc) is 3.46. The number of urea groups is 1. The summed E-state index contributed by atoms with van der Waals surface area (Å²) in [6, 6.07) is 10.3. The Hall–Kier alpha value is -2.91. The van der Waals surface area contributed by atoms with Crippen LogP contribution in [0.3, 0.4) is 0 Å². The smallest absolute Gasteiger partial charge is 0.317 e. The normalized spacial score (nSPS) is 16.3. The number of likely N-dealkylation sites (tertiary alicyclic amines) is 1. The fourth-order valence-electron chi connectivity index (χ4n) is 3.26. The van der Waals surface area contributed by atoms with Gasteiger partial charge in [-0.25, -0.2) is 4.79 Å². The van der Waals surface area contributed by atoms with E-state index < -0.39 is 0 Å². The van der Waals surface area contributed by atoms with Gasteiger partial charge in [0.1, 0.15) is 10.8 Å². The molecule has 2 aromatic heterocycles. The van der Waals surface area contributed by atoms with Crippen LogP contribution in [0.5, 0.6) is 0 Å². The van der Waals surface area contributed by atoms with E-state index in [1.165, 1.54) is 11.3 Å². The number of hydrogen-bond donors (Lipinski definition) is 2. The Morgan fingerprint density at radius 3 is 2.83 bits per heavy atom. The molecule has 1 unspecified atom stereocenters. The third kappa shape index (κ3) is 4.98. The van der Waals surface area contributed by atoms with E-state index in [1.54, 1.807) is 41.5 Å². The van der Waals surface area contributed by atoms with Crippen molar-refractivity contribution in [3.05, 3.63) is 63.5 Å². The summed E-state index contributed by atoms with van der Waals surface area (Å²) in [5.74, 6) is 0.449. The summed E-state index contributed by atoms with van der Waals surface area (Å²) in [7, 11) is 0. The van der Waals surface area contributed by atoms with Crippen LogP contribution in [-0.4, -0.2) is 40.1 Å². The molecular weight excluding hydrogens is 426 g/mol. The Balaban J connectivity index is 1.34. The molecule has 156 valence electrons. The number of benzene rings is 1. The molecule has 3 amide bonds. The number of nitrogens with one attached hydrogen (secondary N) is 2. The molecule has 0 aliphatic carbocycles. The molecule has 3 aromatic rings. The molecule has 1 aliphatic rings. The Kier molecular flexibility index (Phi) is 6.29. The molecule has 1 atom stereocenters. The predicted octanol–water partition coefficient (Wildman–Crippen LogP) is 4.13. The van der Waals surface area contributed by atoms with Gasteiger partial charge in [0, 0.05) is 29.7 Å². The lowest BCUT2D eigenvalue weighted by Gasteiger charge is -2.31. The topological polar surface area (TPSA) is 100 Å². The Morgan fingerprint density at radius 2 is 2.07 bits per heavy atom. The van der Waals surface area contributed by atoms with E-state index in [0.717, 1.165) is 17.8 Å². The molecule has 2 N–H and O–H groups in total. The summed E-state index contributed by atoms with van der Waals surface area (Å²) in [4.78, 5) is 26.7. The quantitative estimate of drug-likeness (QED) is 0.615. The molecule has 0 saturated carbocycles. The summed E-state index contributed by atoms with van der Waals surface area (Å²) < 4.78 is 5.24. The number of carbonyl (C=O) groups is 2. The van der Waals surface area contributed by atoms with Crippen LogP contribution in [0.2, 0.25) is 5.02 Å². The largest absolute Gasteiger partial charge is 0.467 e. The van der Waals surface area contributed by atoms with Crippen LogP contribution in [0.25, 0.3) is 0 Å². The second-order valence-corrected chi connectivity index (χ2v) is 8.38. The highest BCUT2D eigenvalue weighted by atomic mass is 35.5. The number of carbonyl (C=O) groups excluding carboxylic acids is 2. The second kappa shape index (κ2) is 9.27. The van der Waals surface area contributed by atoms with Gasteiger partial charge in [0.05, 0.1) is 12.8 Å². The zero-order chi connectivity index (χ0) is 20.9. The van der Waals surface area contributed by atoms with E-state index in [2.05, 4.69) is 20.8 Å². The summed E-state index contributed by atoms with van der Waals surface area (Å²) >= 11 is 7.13. The van der Waals surface area contributed by atoms with Gasteiger partial charge < -0.3 is 20.0 Å². The fraction of sp³-hybridized carbons (Fsp3) is 0.300. The molecule has 8 nitrogen and oxygen atoms in total. The van der Waals surface area contributed by atoms with Crippen LogP contribution in [0, 0.1) is 0 Å². The van der Waals surface area contributed by atoms with Crippen LogP contribution in [0.1, 0.15) is 39.3 Å². The summed E-state index contributed by atoms with van der Waals surface area (Å²) in [5, 5.41) is 15.6. The average molecular weight is 446 g/mol. The van der Waals surface area contributed by atoms with Crippen molar-refractivity contribution in [3.8, 4) is 0 Å². The third-order valence-corrected chi connectivity index (χ3v) is 6.13. The van der Waals surface area contributed by atoms with Gasteiger partial charge in [-0.3, -0.25) is 4.79 Å². The lowest BCUT2D eigenvalue weighted by Crippen LogP contribution is -2.44. The van der Waals surface area contributed by atoms with Gasteiger partial charge in [-0.1, -0.05) is 22.9 Å². The van der Waals surface area contributed by atoms with Crippen LogP contribution < -0.4 is 10.6 Å². The number of furan rings is 1. The van der Waals surface area contributed by atoms with Crippen molar-refractivity contribution in [3.63, 3.8) is 0 Å². The van der Waals surface area contributed by atoms with Crippen molar-refractivity contribution in [1.29, 1.82) is 0 Å². The second-order valence-electron chi connectivity index (χ2n) is 6.93. The maximum Gasteiger partial charge on any atom is 0.317 e. The molecule has 1 fully saturated rings. The van der Waals surface area contributed by atoms with E-state index in [0.29, 0.717) is 41.1 Å². The van der Waals surface area contributed by atoms with Gasteiger partial charge in [-0.05, 0) is 49.2 Å². The summed E-state index contributed by atoms with van der Waals surface area (Å²) in [6.45, 7) is 1.57. The molecule has 0 bridgehead atoms. The first-order valence-electron chi connectivity index (χ1n) is 9.54. The first-order chi connectivity index (χ1) is 14.6. The molecule has 1 aromatic carbocycles. The van der Waals surface area contributed by atoms with Gasteiger partial charge in [0.25, 0.3) is 5.91 Å². The first-order valence-corrected chi connectivity index (χ1v) is 10.7. The minimum Gasteiger partial charge on any atom is -0.467 e. The first kappa shape index (κ1) is 20.4. The molecule has 0 spiro atoms. The fourth-order valence-corrected chi connectivity index (χ4v) is 4.25. The number of piperidine rings is 1. The number of rotatable bonds is 5. The van der Waals surface area contributed by atoms with Crippen molar-refractivity contribution in [2.24, 2.45) is 0 Å². The van der Waals surface area contributed by atoms with Crippen LogP contribution in [-0.2, 0) is 6.54 Å². The zero-order valence-corrected chi connectivity index (χ0v) is 17.6. The lowest BCUT2D eigenvalue weighted by atomic mass is 9.99. The monoisotopic (exact) mass is 445 g/mol. The van der Waals surface area contributed by atoms with E-state index >= 15 is 0 Å². The highest BCUT2D eigenvalue weighted by Crippen LogP contribution is 2.29. The van der Waals surface area contributed by atoms with Gasteiger partial charge >= 0.3 is 6.03 Å². The van der Waals surface area contributed by atoms with E-state index in [1.807, 2.05) is 6.07 Å². The standard InChI is InChI=1S/C20H20ClN5O3S/c21-14-5-7-15(8-6-14)23-17(27)19-25-24-18(30-19)13-3-1-9-26(12-13)20(28)22-11-16-4-2-10-29-16/h2,4-8,10,13H,1,3,9,11-12H2,(H,22,28)(H,23,27). The molecule has 1 aliphatic heterocycles. The number of halogens is 1. The number of amides is 3. The van der Waals surface area contributed by atoms with E-state index in [9.17, 15) is 9.59 Å². The maximum atomic E-state index is 12.5. The van der Waals surface area contributed by atoms with Crippen molar-refractivity contribution >= 4 is 40.6 Å². The summed E-state index contributed by atoms with van der Waals surface area (Å²) in [5.41, 5.74) is 0.637. The SMILES string of the molecule is O=C(Nc1ccc(Cl)cc1)c1nnc(C2CCCN(C(=O)NCc3ccco3)C2)s1. The van der Waals surface area contributed by atoms with Crippen molar-refractivity contribution in [2.45, 2.75) is 25.3 Å². The maximum absolute atomic E-state index is 12.5. The number of anilines is 1. The van der Waals surface area contributed by atoms with Gasteiger partial charge in [-0.15, -0.1) is 10.2 Å². The van der Waals surface area contributed by atoms with Gasteiger partial charge in [0.2, 0.25) is 5.01 Å². The van der Waals surface area contributed by atoms with Crippen LogP contribution in [0.4, 0.5) is 10.5 Å². The van der Waals surface area contributed by atoms with Crippen molar-refractivity contribution in [1.82, 2.24) is 20.4 Å². The van der Waals surface area contributed by atoms with Crippen molar-refractivity contribution < 1.29 is 14.0 Å². The Labute approximate surface area is 182 Å². The van der Waals surface area contributed by atoms with Gasteiger partial charge in [-0.2, -0.15) is 0 Å². The minimum atomic E-state index is -0.315. The van der Waals surface area contributed by atoms with Gasteiger partial charge in [0.15, 0.2) is 0 Å². The molecule has 1 saturated heterocycles. The zero-order valence-electron chi connectivity index (χ0n) is 16.0. The van der Waals surface area contributed by atoms with E-state index in [4.69, 9.17) is 16.0 Å². The highest BCUT2D eigenvalue weighted by molar-refractivity contribution is 7.13. The van der Waals surface area contributed by atoms with Crippen LogP contribution >= 0.6 is 22.9 Å². The molecule has 3 heterocycles. The molecule has 0 radical (unpaired) electrons. The Morgan fingerprint density at radius 1 is 1.23 bits per heavy atom. The number of hydrogen-bond acceptors (Lipinski definition) is 6. The molecule has 4 rings (SSSR count). The molecule has 10 heteroatoms. The summed E-state index contributed by atoms with van der Waals surface area (Å²) in [6.07, 6.45) is 3.34. The Bertz CT molecular complexity index is 1010. The minimum absolute atomic E-state index is 0.0581. The number of aromatic nitrogens is 2. The number of nitrogens with zero attached hydrogens (tertiary/aromatic N) is 3. The van der Waals surface area contributed by atoms with Crippen LogP contribution in [0.15, 0.2) is 47.1 Å².